The SMILES string of the molecule is CCCCC(=O)Nc1cccc(C#CCCO)n1. The smallest absolute Gasteiger partial charge is 0.225 e. The van der Waals surface area contributed by atoms with Crippen LogP contribution in [0, 0.1) is 11.8 Å². The quantitative estimate of drug-likeness (QED) is 0.780. The van der Waals surface area contributed by atoms with Gasteiger partial charge in [-0.15, -0.1) is 0 Å². The van der Waals surface area contributed by atoms with Crippen molar-refractivity contribution in [3.05, 3.63) is 23.9 Å². The maximum atomic E-state index is 11.5. The van der Waals surface area contributed by atoms with Gasteiger partial charge in [0, 0.05) is 12.8 Å². The molecular weight excluding hydrogens is 228 g/mol. The van der Waals surface area contributed by atoms with Gasteiger partial charge in [0.1, 0.15) is 11.5 Å². The van der Waals surface area contributed by atoms with Crippen LogP contribution in [0.1, 0.15) is 38.3 Å². The van der Waals surface area contributed by atoms with Crippen molar-refractivity contribution in [1.29, 1.82) is 0 Å². The van der Waals surface area contributed by atoms with E-state index in [1.807, 2.05) is 6.92 Å². The first-order valence-electron chi connectivity index (χ1n) is 6.13. The number of hydrogen-bond donors (Lipinski definition) is 2. The first-order valence-corrected chi connectivity index (χ1v) is 6.13. The van der Waals surface area contributed by atoms with Crippen molar-refractivity contribution in [2.75, 3.05) is 11.9 Å². The number of nitrogens with zero attached hydrogens (tertiary/aromatic N) is 1. The molecule has 96 valence electrons. The van der Waals surface area contributed by atoms with E-state index in [-0.39, 0.29) is 12.5 Å². The minimum atomic E-state index is -0.0233. The van der Waals surface area contributed by atoms with Crippen molar-refractivity contribution >= 4 is 11.7 Å². The third-order valence-corrected chi connectivity index (χ3v) is 2.23. The fourth-order valence-electron chi connectivity index (χ4n) is 1.33. The van der Waals surface area contributed by atoms with Crippen LogP contribution in [0.15, 0.2) is 18.2 Å². The molecule has 4 heteroatoms. The number of pyridine rings is 1. The number of amides is 1. The molecule has 4 nitrogen and oxygen atoms in total. The van der Waals surface area contributed by atoms with Gasteiger partial charge >= 0.3 is 0 Å². The van der Waals surface area contributed by atoms with E-state index in [2.05, 4.69) is 22.1 Å². The highest BCUT2D eigenvalue weighted by molar-refractivity contribution is 5.89. The molecule has 0 atom stereocenters. The lowest BCUT2D eigenvalue weighted by Gasteiger charge is -2.03. The van der Waals surface area contributed by atoms with Gasteiger partial charge in [-0.05, 0) is 24.5 Å². The van der Waals surface area contributed by atoms with Gasteiger partial charge in [-0.2, -0.15) is 0 Å². The van der Waals surface area contributed by atoms with E-state index in [9.17, 15) is 4.79 Å². The van der Waals surface area contributed by atoms with Crippen molar-refractivity contribution in [2.45, 2.75) is 32.6 Å². The molecule has 18 heavy (non-hydrogen) atoms. The van der Waals surface area contributed by atoms with Gasteiger partial charge in [0.2, 0.25) is 5.91 Å². The molecule has 0 unspecified atom stereocenters. The van der Waals surface area contributed by atoms with Gasteiger partial charge in [-0.25, -0.2) is 4.98 Å². The molecule has 1 aromatic heterocycles. The monoisotopic (exact) mass is 246 g/mol. The highest BCUT2D eigenvalue weighted by Crippen LogP contribution is 2.05. The van der Waals surface area contributed by atoms with E-state index in [1.165, 1.54) is 0 Å². The van der Waals surface area contributed by atoms with Crippen molar-refractivity contribution in [3.8, 4) is 11.8 Å². The summed E-state index contributed by atoms with van der Waals surface area (Å²) >= 11 is 0. The summed E-state index contributed by atoms with van der Waals surface area (Å²) in [4.78, 5) is 15.7. The summed E-state index contributed by atoms with van der Waals surface area (Å²) in [6, 6.07) is 5.30. The fourth-order valence-corrected chi connectivity index (χ4v) is 1.33. The number of hydrogen-bond acceptors (Lipinski definition) is 3. The normalized spacial score (nSPS) is 9.44. The third kappa shape index (κ3) is 5.46. The average Bonchev–Trinajstić information content (AvgIpc) is 2.37. The minimum absolute atomic E-state index is 0.0233. The fraction of sp³-hybridized carbons (Fsp3) is 0.429. The molecule has 0 aromatic carbocycles. The van der Waals surface area contributed by atoms with E-state index >= 15 is 0 Å². The number of nitrogens with one attached hydrogen (secondary N) is 1. The number of anilines is 1. The van der Waals surface area contributed by atoms with E-state index < -0.39 is 0 Å². The van der Waals surface area contributed by atoms with Crippen molar-refractivity contribution in [1.82, 2.24) is 4.98 Å². The molecule has 0 bridgehead atoms. The average molecular weight is 246 g/mol. The molecular formula is C14H18N2O2. The van der Waals surface area contributed by atoms with Crippen LogP contribution in [-0.2, 0) is 4.79 Å². The summed E-state index contributed by atoms with van der Waals surface area (Å²) in [5.74, 6) is 6.12. The summed E-state index contributed by atoms with van der Waals surface area (Å²) in [5, 5.41) is 11.4. The van der Waals surface area contributed by atoms with Crippen LogP contribution >= 0.6 is 0 Å². The molecule has 0 aliphatic carbocycles. The Morgan fingerprint density at radius 3 is 3.06 bits per heavy atom. The first-order chi connectivity index (χ1) is 8.76. The van der Waals surface area contributed by atoms with Crippen molar-refractivity contribution in [2.24, 2.45) is 0 Å². The van der Waals surface area contributed by atoms with Gasteiger partial charge in [-0.1, -0.05) is 25.3 Å². The molecule has 0 fully saturated rings. The lowest BCUT2D eigenvalue weighted by Crippen LogP contribution is -2.12. The summed E-state index contributed by atoms with van der Waals surface area (Å²) in [5.41, 5.74) is 0.594. The Bertz CT molecular complexity index is 447. The highest BCUT2D eigenvalue weighted by atomic mass is 16.2. The van der Waals surface area contributed by atoms with Crippen LogP contribution in [0.4, 0.5) is 5.82 Å². The minimum Gasteiger partial charge on any atom is -0.395 e. The Labute approximate surface area is 107 Å². The number of aliphatic hydroxyl groups excluding tert-OH is 1. The molecule has 0 spiro atoms. The Balaban J connectivity index is 2.60. The van der Waals surface area contributed by atoms with Crippen LogP contribution in [0.5, 0.6) is 0 Å². The second kappa shape index (κ2) is 8.26. The molecule has 1 aromatic rings. The van der Waals surface area contributed by atoms with E-state index in [0.717, 1.165) is 12.8 Å². The largest absolute Gasteiger partial charge is 0.395 e. The molecule has 2 N–H and O–H groups in total. The Morgan fingerprint density at radius 1 is 1.50 bits per heavy atom. The number of aromatic nitrogens is 1. The lowest BCUT2D eigenvalue weighted by atomic mass is 10.2. The maximum absolute atomic E-state index is 11.5. The van der Waals surface area contributed by atoms with Crippen LogP contribution in [0.3, 0.4) is 0 Å². The van der Waals surface area contributed by atoms with Gasteiger partial charge in [-0.3, -0.25) is 4.79 Å². The molecule has 0 aliphatic rings. The van der Waals surface area contributed by atoms with Gasteiger partial charge in [0.25, 0.3) is 0 Å². The Morgan fingerprint density at radius 2 is 2.33 bits per heavy atom. The number of unbranched alkanes of at least 4 members (excludes halogenated alkanes) is 1. The van der Waals surface area contributed by atoms with Gasteiger partial charge in [0.05, 0.1) is 6.61 Å². The number of rotatable bonds is 5. The molecule has 1 amide bonds. The van der Waals surface area contributed by atoms with Crippen molar-refractivity contribution in [3.63, 3.8) is 0 Å². The molecule has 1 rings (SSSR count). The molecule has 0 saturated heterocycles. The first kappa shape index (κ1) is 14.2. The summed E-state index contributed by atoms with van der Waals surface area (Å²) in [6.07, 6.45) is 2.81. The maximum Gasteiger partial charge on any atom is 0.225 e. The van der Waals surface area contributed by atoms with Gasteiger partial charge in [0.15, 0.2) is 0 Å². The summed E-state index contributed by atoms with van der Waals surface area (Å²) < 4.78 is 0. The zero-order valence-electron chi connectivity index (χ0n) is 10.6. The predicted molar refractivity (Wildman–Crippen MR) is 71.0 cm³/mol. The van der Waals surface area contributed by atoms with Crippen LogP contribution < -0.4 is 5.32 Å². The topological polar surface area (TPSA) is 62.2 Å². The lowest BCUT2D eigenvalue weighted by molar-refractivity contribution is -0.116. The standard InChI is InChI=1S/C14H18N2O2/c1-2-3-10-14(18)16-13-9-6-8-12(15-13)7-4-5-11-17/h6,8-9,17H,2-3,5,10-11H2,1H3,(H,15,16,18). The third-order valence-electron chi connectivity index (χ3n) is 2.23. The highest BCUT2D eigenvalue weighted by Gasteiger charge is 2.02. The van der Waals surface area contributed by atoms with E-state index in [1.54, 1.807) is 18.2 Å². The molecule has 0 saturated carbocycles. The molecule has 0 radical (unpaired) electrons. The van der Waals surface area contributed by atoms with E-state index in [4.69, 9.17) is 5.11 Å². The summed E-state index contributed by atoms with van der Waals surface area (Å²) in [6.45, 7) is 2.09. The van der Waals surface area contributed by atoms with Crippen LogP contribution in [-0.4, -0.2) is 22.6 Å². The summed E-state index contributed by atoms with van der Waals surface area (Å²) in [7, 11) is 0. The van der Waals surface area contributed by atoms with Crippen LogP contribution in [0.25, 0.3) is 0 Å². The number of carbonyl (C=O) groups is 1. The van der Waals surface area contributed by atoms with Gasteiger partial charge < -0.3 is 10.4 Å². The second-order valence-electron chi connectivity index (χ2n) is 3.84. The zero-order chi connectivity index (χ0) is 13.2. The van der Waals surface area contributed by atoms with E-state index in [0.29, 0.717) is 24.4 Å². The molecule has 0 aliphatic heterocycles. The second-order valence-corrected chi connectivity index (χ2v) is 3.84. The van der Waals surface area contributed by atoms with Crippen LogP contribution in [0.2, 0.25) is 0 Å². The predicted octanol–water partition coefficient (Wildman–Crippen LogP) is 1.94. The zero-order valence-corrected chi connectivity index (χ0v) is 10.6. The Kier molecular flexibility index (Phi) is 6.52. The molecule has 1 heterocycles. The Hall–Kier alpha value is -1.86. The number of aliphatic hydroxyl groups is 1. The van der Waals surface area contributed by atoms with Crippen molar-refractivity contribution < 1.29 is 9.90 Å². The number of carbonyl (C=O) groups excluding carboxylic acids is 1.